The van der Waals surface area contributed by atoms with Gasteiger partial charge >= 0.3 is 0 Å². The van der Waals surface area contributed by atoms with E-state index in [0.29, 0.717) is 17.5 Å². The van der Waals surface area contributed by atoms with Crippen LogP contribution >= 0.6 is 0 Å². The predicted molar refractivity (Wildman–Crippen MR) is 88.5 cm³/mol. The molecule has 0 aromatic heterocycles. The van der Waals surface area contributed by atoms with Gasteiger partial charge in [0.15, 0.2) is 6.10 Å². The number of benzene rings is 1. The number of amides is 2. The Labute approximate surface area is 137 Å². The molecule has 0 N–H and O–H groups in total. The smallest absolute Gasteiger partial charge is 0.268 e. The molecule has 0 bridgehead atoms. The molecule has 1 aliphatic carbocycles. The highest BCUT2D eigenvalue weighted by Gasteiger charge is 2.34. The van der Waals surface area contributed by atoms with Gasteiger partial charge in [0.2, 0.25) is 5.91 Å². The fourth-order valence-electron chi connectivity index (χ4n) is 3.44. The Morgan fingerprint density at radius 2 is 1.96 bits per heavy atom. The highest BCUT2D eigenvalue weighted by molar-refractivity contribution is 6.03. The van der Waals surface area contributed by atoms with Crippen LogP contribution < -0.4 is 9.64 Å². The Balaban J connectivity index is 1.75. The van der Waals surface area contributed by atoms with Crippen LogP contribution in [0.3, 0.4) is 0 Å². The first-order valence-corrected chi connectivity index (χ1v) is 8.40. The number of ether oxygens (including phenoxy) is 1. The average molecular weight is 316 g/mol. The van der Waals surface area contributed by atoms with Crippen LogP contribution in [0.2, 0.25) is 0 Å². The van der Waals surface area contributed by atoms with E-state index >= 15 is 0 Å². The molecule has 0 radical (unpaired) electrons. The molecule has 1 fully saturated rings. The van der Waals surface area contributed by atoms with Crippen LogP contribution in [0.4, 0.5) is 5.69 Å². The van der Waals surface area contributed by atoms with Gasteiger partial charge in [-0.25, -0.2) is 0 Å². The van der Waals surface area contributed by atoms with Crippen molar-refractivity contribution < 1.29 is 14.3 Å². The van der Waals surface area contributed by atoms with Gasteiger partial charge in [0.05, 0.1) is 5.69 Å². The molecule has 124 valence electrons. The van der Waals surface area contributed by atoms with E-state index < -0.39 is 6.10 Å². The molecule has 1 atom stereocenters. The molecule has 1 aromatic carbocycles. The summed E-state index contributed by atoms with van der Waals surface area (Å²) in [6.07, 6.45) is 5.18. The van der Waals surface area contributed by atoms with E-state index in [1.807, 2.05) is 36.2 Å². The molecule has 1 heterocycles. The summed E-state index contributed by atoms with van der Waals surface area (Å²) in [6.45, 7) is 1.80. The van der Waals surface area contributed by atoms with Crippen LogP contribution in [0.1, 0.15) is 39.0 Å². The normalized spacial score (nSPS) is 21.6. The highest BCUT2D eigenvalue weighted by Crippen LogP contribution is 2.33. The lowest BCUT2D eigenvalue weighted by molar-refractivity contribution is -0.134. The van der Waals surface area contributed by atoms with Gasteiger partial charge in [0, 0.05) is 13.1 Å². The van der Waals surface area contributed by atoms with E-state index in [2.05, 4.69) is 0 Å². The van der Waals surface area contributed by atoms with Crippen molar-refractivity contribution in [3.05, 3.63) is 24.3 Å². The van der Waals surface area contributed by atoms with Crippen LogP contribution in [0.5, 0.6) is 5.75 Å². The quantitative estimate of drug-likeness (QED) is 0.861. The van der Waals surface area contributed by atoms with E-state index in [1.165, 1.54) is 19.3 Å². The molecule has 0 unspecified atom stereocenters. The molecule has 1 saturated carbocycles. The maximum atomic E-state index is 12.7. The van der Waals surface area contributed by atoms with Gasteiger partial charge in [0.25, 0.3) is 5.91 Å². The van der Waals surface area contributed by atoms with E-state index in [0.717, 1.165) is 12.8 Å². The third kappa shape index (κ3) is 3.19. The van der Waals surface area contributed by atoms with Crippen molar-refractivity contribution in [1.29, 1.82) is 0 Å². The van der Waals surface area contributed by atoms with Crippen LogP contribution in [0.25, 0.3) is 0 Å². The predicted octanol–water partition coefficient (Wildman–Crippen LogP) is 2.59. The summed E-state index contributed by atoms with van der Waals surface area (Å²) in [4.78, 5) is 28.5. The number of rotatable bonds is 3. The summed E-state index contributed by atoms with van der Waals surface area (Å²) in [7, 11) is 1.86. The van der Waals surface area contributed by atoms with Gasteiger partial charge in [-0.05, 0) is 31.9 Å². The lowest BCUT2D eigenvalue weighted by atomic mass is 9.94. The van der Waals surface area contributed by atoms with E-state index in [9.17, 15) is 9.59 Å². The maximum Gasteiger partial charge on any atom is 0.268 e. The van der Waals surface area contributed by atoms with Gasteiger partial charge in [0.1, 0.15) is 12.3 Å². The Morgan fingerprint density at radius 1 is 1.26 bits per heavy atom. The number of nitrogens with zero attached hydrogens (tertiary/aromatic N) is 2. The number of hydrogen-bond donors (Lipinski definition) is 0. The zero-order valence-electron chi connectivity index (χ0n) is 13.8. The van der Waals surface area contributed by atoms with Crippen molar-refractivity contribution in [2.45, 2.75) is 51.2 Å². The summed E-state index contributed by atoms with van der Waals surface area (Å²) < 4.78 is 5.62. The lowest BCUT2D eigenvalue weighted by Crippen LogP contribution is -2.50. The van der Waals surface area contributed by atoms with Crippen molar-refractivity contribution in [1.82, 2.24) is 4.90 Å². The molecule has 5 heteroatoms. The molecule has 3 rings (SSSR count). The number of carbonyl (C=O) groups is 2. The van der Waals surface area contributed by atoms with Crippen LogP contribution in [-0.2, 0) is 9.59 Å². The number of carbonyl (C=O) groups excluding carboxylic acids is 2. The van der Waals surface area contributed by atoms with E-state index in [1.54, 1.807) is 11.8 Å². The van der Waals surface area contributed by atoms with Gasteiger partial charge < -0.3 is 9.64 Å². The van der Waals surface area contributed by atoms with Crippen LogP contribution in [0, 0.1) is 0 Å². The molecule has 23 heavy (non-hydrogen) atoms. The molecular formula is C18H24N2O3. The molecular weight excluding hydrogens is 292 g/mol. The second-order valence-corrected chi connectivity index (χ2v) is 6.45. The minimum absolute atomic E-state index is 0.00541. The Morgan fingerprint density at radius 3 is 2.70 bits per heavy atom. The summed E-state index contributed by atoms with van der Waals surface area (Å²) in [5, 5.41) is 0. The van der Waals surface area contributed by atoms with Crippen molar-refractivity contribution in [2.24, 2.45) is 0 Å². The van der Waals surface area contributed by atoms with Crippen LogP contribution in [-0.4, -0.2) is 42.5 Å². The Hall–Kier alpha value is -2.04. The number of anilines is 1. The largest absolute Gasteiger partial charge is 0.479 e. The molecule has 5 nitrogen and oxygen atoms in total. The number of hydrogen-bond acceptors (Lipinski definition) is 3. The molecule has 1 aliphatic heterocycles. The summed E-state index contributed by atoms with van der Waals surface area (Å²) in [5.41, 5.74) is 0.681. The van der Waals surface area contributed by atoms with Crippen molar-refractivity contribution in [3.8, 4) is 5.75 Å². The summed E-state index contributed by atoms with van der Waals surface area (Å²) >= 11 is 0. The fourth-order valence-corrected chi connectivity index (χ4v) is 3.44. The Kier molecular flexibility index (Phi) is 4.55. The van der Waals surface area contributed by atoms with Gasteiger partial charge in [-0.3, -0.25) is 14.5 Å². The lowest BCUT2D eigenvalue weighted by Gasteiger charge is -2.36. The molecule has 0 saturated heterocycles. The summed E-state index contributed by atoms with van der Waals surface area (Å²) in [5.74, 6) is 0.496. The first-order valence-electron chi connectivity index (χ1n) is 8.40. The molecule has 2 aliphatic rings. The van der Waals surface area contributed by atoms with Gasteiger partial charge in [-0.15, -0.1) is 0 Å². The number of para-hydroxylation sites is 2. The van der Waals surface area contributed by atoms with Crippen molar-refractivity contribution in [3.63, 3.8) is 0 Å². The SMILES string of the molecule is C[C@@H]1Oc2ccccc2N(CC(=O)N(C)C2CCCCC2)C1=O. The van der Waals surface area contributed by atoms with Crippen molar-refractivity contribution >= 4 is 17.5 Å². The average Bonchev–Trinajstić information content (AvgIpc) is 2.59. The standard InChI is InChI=1S/C18H24N2O3/c1-13-18(22)20(15-10-6-7-11-16(15)23-13)12-17(21)19(2)14-8-4-3-5-9-14/h6-7,10-11,13-14H,3-5,8-9,12H2,1-2H3/t13-/m0/s1. The van der Waals surface area contributed by atoms with Crippen LogP contribution in [0.15, 0.2) is 24.3 Å². The monoisotopic (exact) mass is 316 g/mol. The zero-order chi connectivity index (χ0) is 16.4. The molecule has 2 amide bonds. The molecule has 1 aromatic rings. The minimum atomic E-state index is -0.558. The third-order valence-electron chi connectivity index (χ3n) is 4.88. The van der Waals surface area contributed by atoms with Gasteiger partial charge in [-0.2, -0.15) is 0 Å². The number of fused-ring (bicyclic) bond motifs is 1. The topological polar surface area (TPSA) is 49.9 Å². The third-order valence-corrected chi connectivity index (χ3v) is 4.88. The van der Waals surface area contributed by atoms with Crippen molar-refractivity contribution in [2.75, 3.05) is 18.5 Å². The Bertz CT molecular complexity index is 596. The second-order valence-electron chi connectivity index (χ2n) is 6.45. The molecule has 0 spiro atoms. The second kappa shape index (κ2) is 6.60. The zero-order valence-corrected chi connectivity index (χ0v) is 13.8. The van der Waals surface area contributed by atoms with E-state index in [-0.39, 0.29) is 18.4 Å². The fraction of sp³-hybridized carbons (Fsp3) is 0.556. The number of likely N-dealkylation sites (N-methyl/N-ethyl adjacent to an activating group) is 1. The first-order chi connectivity index (χ1) is 11.1. The maximum absolute atomic E-state index is 12.7. The minimum Gasteiger partial charge on any atom is -0.479 e. The van der Waals surface area contributed by atoms with Gasteiger partial charge in [-0.1, -0.05) is 31.4 Å². The summed E-state index contributed by atoms with van der Waals surface area (Å²) in [6, 6.07) is 7.69. The van der Waals surface area contributed by atoms with E-state index in [4.69, 9.17) is 4.74 Å². The first kappa shape index (κ1) is 15.8. The highest BCUT2D eigenvalue weighted by atomic mass is 16.5.